The van der Waals surface area contributed by atoms with Gasteiger partial charge in [-0.05, 0) is 56.8 Å². The van der Waals surface area contributed by atoms with Crippen molar-refractivity contribution < 1.29 is 4.79 Å². The maximum Gasteiger partial charge on any atom is 0.223 e. The summed E-state index contributed by atoms with van der Waals surface area (Å²) in [6.07, 6.45) is 5.12. The lowest BCUT2D eigenvalue weighted by Gasteiger charge is -2.27. The molecule has 0 aliphatic heterocycles. The zero-order valence-corrected chi connectivity index (χ0v) is 13.6. The van der Waals surface area contributed by atoms with Gasteiger partial charge in [-0.3, -0.25) is 4.79 Å². The zero-order chi connectivity index (χ0) is 14.4. The van der Waals surface area contributed by atoms with E-state index in [0.717, 1.165) is 43.1 Å². The first-order chi connectivity index (χ1) is 9.69. The van der Waals surface area contributed by atoms with Crippen molar-refractivity contribution in [3.05, 3.63) is 34.3 Å². The van der Waals surface area contributed by atoms with E-state index in [0.29, 0.717) is 6.04 Å². The van der Waals surface area contributed by atoms with Crippen LogP contribution in [0.15, 0.2) is 28.7 Å². The summed E-state index contributed by atoms with van der Waals surface area (Å²) in [4.78, 5) is 12.1. The summed E-state index contributed by atoms with van der Waals surface area (Å²) in [6, 6.07) is 8.84. The second-order valence-electron chi connectivity index (χ2n) is 5.51. The van der Waals surface area contributed by atoms with Gasteiger partial charge in [0.1, 0.15) is 0 Å². The van der Waals surface area contributed by atoms with Gasteiger partial charge in [-0.1, -0.05) is 28.1 Å². The molecule has 1 aromatic rings. The zero-order valence-electron chi connectivity index (χ0n) is 12.0. The summed E-state index contributed by atoms with van der Waals surface area (Å²) in [5, 5.41) is 6.38. The van der Waals surface area contributed by atoms with Crippen molar-refractivity contribution in [2.24, 2.45) is 5.92 Å². The lowest BCUT2D eigenvalue weighted by molar-refractivity contribution is -0.126. The number of hydrogen-bond donors (Lipinski definition) is 2. The van der Waals surface area contributed by atoms with E-state index in [1.54, 1.807) is 0 Å². The van der Waals surface area contributed by atoms with E-state index in [4.69, 9.17) is 0 Å². The summed E-state index contributed by atoms with van der Waals surface area (Å²) in [5.41, 5.74) is 1.25. The molecule has 2 rings (SSSR count). The molecule has 0 radical (unpaired) electrons. The van der Waals surface area contributed by atoms with E-state index in [2.05, 4.69) is 38.7 Å². The molecule has 2 N–H and O–H groups in total. The monoisotopic (exact) mass is 338 g/mol. The van der Waals surface area contributed by atoms with Gasteiger partial charge in [0, 0.05) is 23.0 Å². The molecule has 0 heterocycles. The van der Waals surface area contributed by atoms with Gasteiger partial charge in [-0.15, -0.1) is 0 Å². The smallest absolute Gasteiger partial charge is 0.223 e. The first kappa shape index (κ1) is 15.5. The second-order valence-corrected chi connectivity index (χ2v) is 6.42. The Bertz CT molecular complexity index is 442. The summed E-state index contributed by atoms with van der Waals surface area (Å²) < 4.78 is 1.09. The summed E-state index contributed by atoms with van der Waals surface area (Å²) in [6.45, 7) is 0.723. The fraction of sp³-hybridized carbons (Fsp3) is 0.562. The van der Waals surface area contributed by atoms with Crippen LogP contribution in [-0.4, -0.2) is 25.5 Å². The van der Waals surface area contributed by atoms with E-state index in [-0.39, 0.29) is 11.8 Å². The van der Waals surface area contributed by atoms with Crippen LogP contribution >= 0.6 is 15.9 Å². The van der Waals surface area contributed by atoms with Gasteiger partial charge in [-0.2, -0.15) is 0 Å². The lowest BCUT2D eigenvalue weighted by atomic mass is 9.85. The Balaban J connectivity index is 1.70. The third-order valence-electron chi connectivity index (χ3n) is 4.11. The number of benzene rings is 1. The van der Waals surface area contributed by atoms with Crippen LogP contribution < -0.4 is 10.6 Å². The predicted octanol–water partition coefficient (Wildman–Crippen LogP) is 2.89. The Labute approximate surface area is 129 Å². The van der Waals surface area contributed by atoms with Crippen molar-refractivity contribution in [2.75, 3.05) is 13.6 Å². The Morgan fingerprint density at radius 3 is 2.70 bits per heavy atom. The number of rotatable bonds is 5. The highest BCUT2D eigenvalue weighted by atomic mass is 79.9. The van der Waals surface area contributed by atoms with Gasteiger partial charge < -0.3 is 10.6 Å². The second kappa shape index (κ2) is 7.79. The molecular formula is C16H23BrN2O. The van der Waals surface area contributed by atoms with Crippen LogP contribution in [0.1, 0.15) is 31.2 Å². The molecule has 0 unspecified atom stereocenters. The van der Waals surface area contributed by atoms with Crippen LogP contribution in [0.3, 0.4) is 0 Å². The van der Waals surface area contributed by atoms with Crippen molar-refractivity contribution in [3.63, 3.8) is 0 Å². The van der Waals surface area contributed by atoms with Gasteiger partial charge in [0.25, 0.3) is 0 Å². The minimum absolute atomic E-state index is 0.210. The molecule has 0 atom stereocenters. The van der Waals surface area contributed by atoms with Gasteiger partial charge >= 0.3 is 0 Å². The molecule has 0 spiro atoms. The molecule has 0 bridgehead atoms. The average molecular weight is 339 g/mol. The summed E-state index contributed by atoms with van der Waals surface area (Å²) in [5.74, 6) is 0.441. The van der Waals surface area contributed by atoms with Crippen LogP contribution in [0.4, 0.5) is 0 Å². The Kier molecular flexibility index (Phi) is 6.05. The number of hydrogen-bond acceptors (Lipinski definition) is 2. The van der Waals surface area contributed by atoms with E-state index in [9.17, 15) is 4.79 Å². The molecule has 0 saturated heterocycles. The molecule has 1 saturated carbocycles. The van der Waals surface area contributed by atoms with E-state index in [1.165, 1.54) is 5.56 Å². The molecule has 1 fully saturated rings. The van der Waals surface area contributed by atoms with Crippen LogP contribution in [0.2, 0.25) is 0 Å². The molecular weight excluding hydrogens is 316 g/mol. The van der Waals surface area contributed by atoms with Crippen molar-refractivity contribution in [3.8, 4) is 0 Å². The van der Waals surface area contributed by atoms with Crippen molar-refractivity contribution in [1.29, 1.82) is 0 Å². The number of halogens is 1. The normalized spacial score (nSPS) is 22.5. The average Bonchev–Trinajstić information content (AvgIpc) is 2.47. The molecule has 4 heteroatoms. The highest BCUT2D eigenvalue weighted by Crippen LogP contribution is 2.24. The van der Waals surface area contributed by atoms with Crippen molar-refractivity contribution in [1.82, 2.24) is 10.6 Å². The largest absolute Gasteiger partial charge is 0.356 e. The third-order valence-corrected chi connectivity index (χ3v) is 4.60. The quantitative estimate of drug-likeness (QED) is 0.866. The number of carbonyl (C=O) groups is 1. The molecule has 20 heavy (non-hydrogen) atoms. The van der Waals surface area contributed by atoms with Crippen LogP contribution in [0, 0.1) is 5.92 Å². The maximum atomic E-state index is 12.1. The topological polar surface area (TPSA) is 41.1 Å². The van der Waals surface area contributed by atoms with Crippen LogP contribution in [0.25, 0.3) is 0 Å². The highest BCUT2D eigenvalue weighted by Gasteiger charge is 2.24. The summed E-state index contributed by atoms with van der Waals surface area (Å²) >= 11 is 3.46. The standard InChI is InChI=1S/C16H23BrN2O/c1-18-15-7-5-13(6-8-15)16(20)19-10-9-12-3-2-4-14(17)11-12/h2-4,11,13,15,18H,5-10H2,1H3,(H,19,20). The molecule has 0 aromatic heterocycles. The molecule has 3 nitrogen and oxygen atoms in total. The fourth-order valence-electron chi connectivity index (χ4n) is 2.81. The Morgan fingerprint density at radius 2 is 2.05 bits per heavy atom. The lowest BCUT2D eigenvalue weighted by Crippen LogP contribution is -2.38. The first-order valence-electron chi connectivity index (χ1n) is 7.38. The van der Waals surface area contributed by atoms with Gasteiger partial charge in [-0.25, -0.2) is 0 Å². The predicted molar refractivity (Wildman–Crippen MR) is 85.7 cm³/mol. The molecule has 1 aliphatic carbocycles. The molecule has 1 amide bonds. The number of nitrogens with one attached hydrogen (secondary N) is 2. The maximum absolute atomic E-state index is 12.1. The highest BCUT2D eigenvalue weighted by molar-refractivity contribution is 9.10. The van der Waals surface area contributed by atoms with Crippen LogP contribution in [-0.2, 0) is 11.2 Å². The number of carbonyl (C=O) groups excluding carboxylic acids is 1. The molecule has 1 aromatic carbocycles. The van der Waals surface area contributed by atoms with Crippen molar-refractivity contribution >= 4 is 21.8 Å². The molecule has 110 valence electrons. The van der Waals surface area contributed by atoms with Crippen LogP contribution in [0.5, 0.6) is 0 Å². The minimum Gasteiger partial charge on any atom is -0.356 e. The number of amides is 1. The van der Waals surface area contributed by atoms with E-state index in [1.807, 2.05) is 19.2 Å². The summed E-state index contributed by atoms with van der Waals surface area (Å²) in [7, 11) is 2.00. The van der Waals surface area contributed by atoms with Crippen molar-refractivity contribution in [2.45, 2.75) is 38.1 Å². The minimum atomic E-state index is 0.210. The Hall–Kier alpha value is -0.870. The third kappa shape index (κ3) is 4.60. The SMILES string of the molecule is CNC1CCC(C(=O)NCCc2cccc(Br)c2)CC1. The first-order valence-corrected chi connectivity index (χ1v) is 8.17. The Morgan fingerprint density at radius 1 is 1.30 bits per heavy atom. The van der Waals surface area contributed by atoms with E-state index >= 15 is 0 Å². The van der Waals surface area contributed by atoms with Gasteiger partial charge in [0.2, 0.25) is 5.91 Å². The fourth-order valence-corrected chi connectivity index (χ4v) is 3.26. The van der Waals surface area contributed by atoms with Gasteiger partial charge in [0.15, 0.2) is 0 Å². The van der Waals surface area contributed by atoms with E-state index < -0.39 is 0 Å². The van der Waals surface area contributed by atoms with Gasteiger partial charge in [0.05, 0.1) is 0 Å². The molecule has 1 aliphatic rings.